The Bertz CT molecular complexity index is 1100. The molecule has 2 atom stereocenters. The quantitative estimate of drug-likeness (QED) is 0.395. The van der Waals surface area contributed by atoms with Crippen LogP contribution in [0.4, 0.5) is 5.69 Å². The van der Waals surface area contributed by atoms with E-state index in [1.807, 2.05) is 54.6 Å². The molecule has 0 heterocycles. The van der Waals surface area contributed by atoms with Crippen LogP contribution in [0.5, 0.6) is 0 Å². The molecule has 0 saturated heterocycles. The van der Waals surface area contributed by atoms with E-state index in [1.165, 1.54) is 5.56 Å². The Morgan fingerprint density at radius 1 is 0.839 bits per heavy atom. The Kier molecular flexibility index (Phi) is 6.08. The Labute approximate surface area is 184 Å². The van der Waals surface area contributed by atoms with Gasteiger partial charge in [0, 0.05) is 29.0 Å². The molecule has 0 amide bonds. The van der Waals surface area contributed by atoms with E-state index in [-0.39, 0.29) is 0 Å². The van der Waals surface area contributed by atoms with Gasteiger partial charge in [0.05, 0.1) is 0 Å². The van der Waals surface area contributed by atoms with Gasteiger partial charge in [-0.2, -0.15) is 0 Å². The molecule has 31 heavy (non-hydrogen) atoms. The minimum Gasteiger partial charge on any atom is -0.398 e. The van der Waals surface area contributed by atoms with Gasteiger partial charge in [0.2, 0.25) is 0 Å². The average molecular weight is 409 g/mol. The van der Waals surface area contributed by atoms with Gasteiger partial charge in [-0.25, -0.2) is 0 Å². The van der Waals surface area contributed by atoms with Crippen molar-refractivity contribution in [1.29, 1.82) is 0 Å². The molecule has 0 aromatic heterocycles. The largest absolute Gasteiger partial charge is 0.398 e. The molecule has 1 fully saturated rings. The van der Waals surface area contributed by atoms with Crippen LogP contribution in [0.3, 0.4) is 0 Å². The van der Waals surface area contributed by atoms with Crippen molar-refractivity contribution in [2.24, 2.45) is 11.5 Å². The van der Waals surface area contributed by atoms with Crippen LogP contribution >= 0.6 is 0 Å². The maximum atomic E-state index is 6.14. The van der Waals surface area contributed by atoms with Gasteiger partial charge in [-0.15, -0.1) is 0 Å². The van der Waals surface area contributed by atoms with Gasteiger partial charge in [-0.05, 0) is 47.4 Å². The predicted molar refractivity (Wildman–Crippen MR) is 131 cm³/mol. The summed E-state index contributed by atoms with van der Waals surface area (Å²) in [6.45, 7) is 4.24. The molecular formula is C27H28N4. The van der Waals surface area contributed by atoms with E-state index in [2.05, 4.69) is 47.5 Å². The molecule has 0 spiro atoms. The molecule has 4 rings (SSSR count). The highest BCUT2D eigenvalue weighted by Gasteiger charge is 2.38. The highest BCUT2D eigenvalue weighted by Crippen LogP contribution is 2.41. The minimum absolute atomic E-state index is 0.433. The van der Waals surface area contributed by atoms with Crippen molar-refractivity contribution in [3.8, 4) is 0 Å². The van der Waals surface area contributed by atoms with Crippen molar-refractivity contribution < 1.29 is 0 Å². The van der Waals surface area contributed by atoms with Gasteiger partial charge in [0.1, 0.15) is 5.82 Å². The Balaban J connectivity index is 1.36. The highest BCUT2D eigenvalue weighted by atomic mass is 15.0. The van der Waals surface area contributed by atoms with Crippen LogP contribution in [0.1, 0.15) is 29.0 Å². The molecule has 0 radical (unpaired) electrons. The first kappa shape index (κ1) is 20.4. The van der Waals surface area contributed by atoms with E-state index >= 15 is 0 Å². The van der Waals surface area contributed by atoms with Crippen molar-refractivity contribution in [2.75, 3.05) is 5.32 Å². The van der Waals surface area contributed by atoms with E-state index in [0.717, 1.165) is 28.9 Å². The van der Waals surface area contributed by atoms with E-state index < -0.39 is 0 Å². The summed E-state index contributed by atoms with van der Waals surface area (Å²) in [5.41, 5.74) is 18.1. The van der Waals surface area contributed by atoms with E-state index in [0.29, 0.717) is 23.5 Å². The van der Waals surface area contributed by atoms with Crippen molar-refractivity contribution in [1.82, 2.24) is 5.32 Å². The molecule has 156 valence electrons. The van der Waals surface area contributed by atoms with Crippen LogP contribution in [0.25, 0.3) is 11.4 Å². The second-order valence-electron chi connectivity index (χ2n) is 7.80. The lowest BCUT2D eigenvalue weighted by molar-refractivity contribution is 0.848. The summed E-state index contributed by atoms with van der Waals surface area (Å²) < 4.78 is 0. The molecule has 0 bridgehead atoms. The lowest BCUT2D eigenvalue weighted by Crippen LogP contribution is -2.16. The van der Waals surface area contributed by atoms with Crippen LogP contribution in [0, 0.1) is 0 Å². The maximum Gasteiger partial charge on any atom is 0.101 e. The van der Waals surface area contributed by atoms with E-state index in [4.69, 9.17) is 11.5 Å². The van der Waals surface area contributed by atoms with Gasteiger partial charge in [0.25, 0.3) is 0 Å². The Hall–Kier alpha value is -3.92. The van der Waals surface area contributed by atoms with Crippen LogP contribution < -0.4 is 22.1 Å². The minimum atomic E-state index is 0.433. The number of nitrogens with two attached hydrogens (primary N) is 2. The summed E-state index contributed by atoms with van der Waals surface area (Å²) in [4.78, 5) is 0. The van der Waals surface area contributed by atoms with E-state index in [1.54, 1.807) is 12.2 Å². The second-order valence-corrected chi connectivity index (χ2v) is 7.80. The maximum absolute atomic E-state index is 6.14. The van der Waals surface area contributed by atoms with Crippen LogP contribution in [-0.2, 0) is 0 Å². The first-order valence-electron chi connectivity index (χ1n) is 10.5. The molecular weight excluding hydrogens is 380 g/mol. The van der Waals surface area contributed by atoms with Crippen LogP contribution in [0.2, 0.25) is 0 Å². The number of nitrogens with one attached hydrogen (secondary N) is 2. The third-order valence-corrected chi connectivity index (χ3v) is 5.43. The number of rotatable bonds is 8. The van der Waals surface area contributed by atoms with Crippen LogP contribution in [0.15, 0.2) is 109 Å². The molecule has 4 heteroatoms. The monoisotopic (exact) mass is 408 g/mol. The van der Waals surface area contributed by atoms with Crippen molar-refractivity contribution in [3.05, 3.63) is 126 Å². The molecule has 2 unspecified atom stereocenters. The smallest absolute Gasteiger partial charge is 0.101 e. The van der Waals surface area contributed by atoms with Crippen molar-refractivity contribution in [3.63, 3.8) is 0 Å². The van der Waals surface area contributed by atoms with Gasteiger partial charge in [-0.3, -0.25) is 0 Å². The third kappa shape index (κ3) is 5.37. The van der Waals surface area contributed by atoms with Crippen LogP contribution in [-0.4, -0.2) is 6.04 Å². The fraction of sp³-hybridized carbons (Fsp3) is 0.111. The standard InChI is InChI=1S/C27H28N4/c1-19(30-26-18-24(26)20-9-4-2-5-10-20)22-13-8-14-23(17-22)31-27(29)16-15-25(28)21-11-6-3-7-12-21/h2-17,24,26,30-31H,1,18,28-29H2/b25-15-,27-16+. The predicted octanol–water partition coefficient (Wildman–Crippen LogP) is 5.01. The summed E-state index contributed by atoms with van der Waals surface area (Å²) in [6, 6.07) is 28.9. The second kappa shape index (κ2) is 9.26. The Morgan fingerprint density at radius 2 is 1.52 bits per heavy atom. The molecule has 6 N–H and O–H groups in total. The fourth-order valence-electron chi connectivity index (χ4n) is 3.63. The SMILES string of the molecule is C=C(NC1CC1c1ccccc1)c1cccc(N/C(N)=C/C=C(\N)c2ccccc2)c1. The summed E-state index contributed by atoms with van der Waals surface area (Å²) >= 11 is 0. The first-order chi connectivity index (χ1) is 15.1. The molecule has 0 aliphatic heterocycles. The van der Waals surface area contributed by atoms with Gasteiger partial charge in [0.15, 0.2) is 0 Å². The number of anilines is 1. The lowest BCUT2D eigenvalue weighted by Gasteiger charge is -2.12. The zero-order valence-corrected chi connectivity index (χ0v) is 17.5. The number of hydrogen-bond acceptors (Lipinski definition) is 4. The number of hydrogen-bond donors (Lipinski definition) is 4. The van der Waals surface area contributed by atoms with Gasteiger partial charge < -0.3 is 22.1 Å². The van der Waals surface area contributed by atoms with Crippen molar-refractivity contribution >= 4 is 17.1 Å². The summed E-state index contributed by atoms with van der Waals surface area (Å²) in [5, 5.41) is 6.78. The lowest BCUT2D eigenvalue weighted by atomic mass is 10.1. The van der Waals surface area contributed by atoms with Gasteiger partial charge >= 0.3 is 0 Å². The number of allylic oxidation sites excluding steroid dienone is 2. The summed E-state index contributed by atoms with van der Waals surface area (Å²) in [6.07, 6.45) is 4.71. The topological polar surface area (TPSA) is 76.1 Å². The summed E-state index contributed by atoms with van der Waals surface area (Å²) in [7, 11) is 0. The average Bonchev–Trinajstić information content (AvgIpc) is 3.58. The molecule has 4 nitrogen and oxygen atoms in total. The molecule has 3 aromatic carbocycles. The zero-order chi connectivity index (χ0) is 21.6. The summed E-state index contributed by atoms with van der Waals surface area (Å²) in [5.74, 6) is 1.07. The molecule has 1 aliphatic carbocycles. The zero-order valence-electron chi connectivity index (χ0n) is 17.5. The molecule has 3 aromatic rings. The molecule has 1 aliphatic rings. The molecule has 1 saturated carbocycles. The number of benzene rings is 3. The normalized spacial score (nSPS) is 18.3. The van der Waals surface area contributed by atoms with Crippen molar-refractivity contribution in [2.45, 2.75) is 18.4 Å². The van der Waals surface area contributed by atoms with Gasteiger partial charge in [-0.1, -0.05) is 79.4 Å². The highest BCUT2D eigenvalue weighted by molar-refractivity contribution is 5.68. The first-order valence-corrected chi connectivity index (χ1v) is 10.5. The van der Waals surface area contributed by atoms with E-state index in [9.17, 15) is 0 Å². The fourth-order valence-corrected chi connectivity index (χ4v) is 3.63. The Morgan fingerprint density at radius 3 is 2.26 bits per heavy atom. The third-order valence-electron chi connectivity index (χ3n) is 5.43.